The lowest BCUT2D eigenvalue weighted by Gasteiger charge is -2.05. The van der Waals surface area contributed by atoms with Gasteiger partial charge in [0, 0.05) is 0 Å². The van der Waals surface area contributed by atoms with E-state index in [1.54, 1.807) is 0 Å². The molecule has 2 N–H and O–H groups in total. The fourth-order valence-electron chi connectivity index (χ4n) is 4.46. The summed E-state index contributed by atoms with van der Waals surface area (Å²) in [5, 5.41) is 0. The lowest BCUT2D eigenvalue weighted by Crippen LogP contribution is -1.92. The summed E-state index contributed by atoms with van der Waals surface area (Å²) >= 11 is 4.27. The SMILES string of the molecule is O=P(O)(O)OCCCCCCCCCCCCCCCCCCCCCCCCCCCS. The molecule has 0 saturated heterocycles. The molecule has 0 heterocycles. The van der Waals surface area contributed by atoms with Gasteiger partial charge in [-0.25, -0.2) is 4.57 Å². The fourth-order valence-corrected chi connectivity index (χ4v) is 5.05. The molecule has 0 aliphatic heterocycles. The van der Waals surface area contributed by atoms with Crippen molar-refractivity contribution in [3.8, 4) is 0 Å². The average molecular weight is 509 g/mol. The lowest BCUT2D eigenvalue weighted by molar-refractivity contribution is 0.193. The van der Waals surface area contributed by atoms with Gasteiger partial charge in [0.15, 0.2) is 0 Å². The van der Waals surface area contributed by atoms with Crippen LogP contribution in [0.1, 0.15) is 161 Å². The number of rotatable bonds is 28. The van der Waals surface area contributed by atoms with E-state index >= 15 is 0 Å². The summed E-state index contributed by atoms with van der Waals surface area (Å²) in [6.45, 7) is 0.169. The van der Waals surface area contributed by atoms with Gasteiger partial charge in [-0.05, 0) is 18.6 Å². The number of hydrogen-bond acceptors (Lipinski definition) is 3. The summed E-state index contributed by atoms with van der Waals surface area (Å²) in [4.78, 5) is 17.2. The molecular formula is C27H57O4PS. The first-order valence-corrected chi connectivity index (χ1v) is 16.5. The van der Waals surface area contributed by atoms with E-state index in [1.807, 2.05) is 0 Å². The van der Waals surface area contributed by atoms with Crippen LogP contribution in [-0.2, 0) is 9.09 Å². The van der Waals surface area contributed by atoms with Crippen molar-refractivity contribution >= 4 is 20.5 Å². The number of thiol groups is 1. The Morgan fingerprint density at radius 2 is 0.636 bits per heavy atom. The molecule has 0 aromatic rings. The second kappa shape index (κ2) is 27.1. The van der Waals surface area contributed by atoms with Crippen molar-refractivity contribution in [2.75, 3.05) is 12.4 Å². The molecule has 0 fully saturated rings. The first-order valence-electron chi connectivity index (χ1n) is 14.4. The van der Waals surface area contributed by atoms with Crippen LogP contribution >= 0.6 is 20.5 Å². The molecule has 0 aromatic heterocycles. The molecule has 0 aromatic carbocycles. The number of phosphoric ester groups is 1. The highest BCUT2D eigenvalue weighted by atomic mass is 32.1. The molecule has 4 nitrogen and oxygen atoms in total. The van der Waals surface area contributed by atoms with Crippen LogP contribution in [0.25, 0.3) is 0 Å². The van der Waals surface area contributed by atoms with E-state index in [2.05, 4.69) is 17.2 Å². The van der Waals surface area contributed by atoms with Crippen molar-refractivity contribution in [3.05, 3.63) is 0 Å². The summed E-state index contributed by atoms with van der Waals surface area (Å²) < 4.78 is 15.0. The van der Waals surface area contributed by atoms with Crippen molar-refractivity contribution in [3.63, 3.8) is 0 Å². The Bertz CT molecular complexity index is 417. The third-order valence-corrected chi connectivity index (χ3v) is 7.40. The predicted octanol–water partition coefficient (Wildman–Crippen LogP) is 9.78. The zero-order valence-corrected chi connectivity index (χ0v) is 23.5. The number of phosphoric acid groups is 1. The number of unbranched alkanes of at least 4 members (excludes halogenated alkanes) is 24. The van der Waals surface area contributed by atoms with Crippen LogP contribution in [0.2, 0.25) is 0 Å². The van der Waals surface area contributed by atoms with Gasteiger partial charge in [0.25, 0.3) is 0 Å². The zero-order chi connectivity index (χ0) is 24.3. The minimum absolute atomic E-state index is 0.169. The number of hydrogen-bond donors (Lipinski definition) is 3. The third-order valence-electron chi connectivity index (χ3n) is 6.56. The summed E-state index contributed by atoms with van der Waals surface area (Å²) in [6.07, 6.45) is 33.6. The molecular weight excluding hydrogens is 451 g/mol. The molecule has 0 aliphatic rings. The van der Waals surface area contributed by atoms with Crippen LogP contribution < -0.4 is 0 Å². The van der Waals surface area contributed by atoms with Crippen LogP contribution in [0.3, 0.4) is 0 Å². The Kier molecular flexibility index (Phi) is 27.4. The van der Waals surface area contributed by atoms with Gasteiger partial charge in [-0.2, -0.15) is 12.6 Å². The van der Waals surface area contributed by atoms with Crippen LogP contribution in [0.5, 0.6) is 0 Å². The Morgan fingerprint density at radius 1 is 0.424 bits per heavy atom. The second-order valence-corrected chi connectivity index (χ2v) is 11.6. The van der Waals surface area contributed by atoms with Crippen molar-refractivity contribution in [1.29, 1.82) is 0 Å². The summed E-state index contributed by atoms with van der Waals surface area (Å²) in [5.41, 5.74) is 0. The van der Waals surface area contributed by atoms with Crippen molar-refractivity contribution in [1.82, 2.24) is 0 Å². The molecule has 0 spiro atoms. The van der Waals surface area contributed by atoms with Gasteiger partial charge in [0.2, 0.25) is 0 Å². The topological polar surface area (TPSA) is 66.8 Å². The molecule has 200 valence electrons. The highest BCUT2D eigenvalue weighted by molar-refractivity contribution is 7.80. The Labute approximate surface area is 212 Å². The summed E-state index contributed by atoms with van der Waals surface area (Å²) in [7, 11) is -4.27. The predicted molar refractivity (Wildman–Crippen MR) is 147 cm³/mol. The van der Waals surface area contributed by atoms with Crippen molar-refractivity contribution in [2.45, 2.75) is 161 Å². The first-order chi connectivity index (χ1) is 16.1. The van der Waals surface area contributed by atoms with Gasteiger partial charge >= 0.3 is 7.82 Å². The van der Waals surface area contributed by atoms with Crippen LogP contribution in [0.15, 0.2) is 0 Å². The molecule has 0 radical (unpaired) electrons. The van der Waals surface area contributed by atoms with E-state index in [0.717, 1.165) is 25.0 Å². The lowest BCUT2D eigenvalue weighted by atomic mass is 10.0. The zero-order valence-electron chi connectivity index (χ0n) is 21.7. The van der Waals surface area contributed by atoms with Crippen molar-refractivity contribution < 1.29 is 18.9 Å². The minimum atomic E-state index is -4.27. The molecule has 6 heteroatoms. The van der Waals surface area contributed by atoms with Gasteiger partial charge < -0.3 is 9.79 Å². The Balaban J connectivity index is 3.03. The highest BCUT2D eigenvalue weighted by Crippen LogP contribution is 2.35. The normalized spacial score (nSPS) is 12.0. The summed E-state index contributed by atoms with van der Waals surface area (Å²) in [6, 6.07) is 0. The molecule has 0 unspecified atom stereocenters. The smallest absolute Gasteiger partial charge is 0.303 e. The van der Waals surface area contributed by atoms with Gasteiger partial charge in [-0.15, -0.1) is 0 Å². The van der Waals surface area contributed by atoms with Gasteiger partial charge in [0.1, 0.15) is 0 Å². The van der Waals surface area contributed by atoms with Crippen LogP contribution in [0, 0.1) is 0 Å². The molecule has 0 aliphatic carbocycles. The highest BCUT2D eigenvalue weighted by Gasteiger charge is 2.12. The van der Waals surface area contributed by atoms with Crippen molar-refractivity contribution in [2.24, 2.45) is 0 Å². The standard InChI is InChI=1S/C27H57O4PS/c28-32(29,30)31-26-24-22-20-18-16-14-12-10-8-6-4-2-1-3-5-7-9-11-13-15-17-19-21-23-25-27-33/h33H,1-27H2,(H2,28,29,30). The van der Waals surface area contributed by atoms with E-state index in [-0.39, 0.29) is 6.61 Å². The fraction of sp³-hybridized carbons (Fsp3) is 1.00. The maximum Gasteiger partial charge on any atom is 0.469 e. The Hall–Kier alpha value is 0.460. The van der Waals surface area contributed by atoms with E-state index in [9.17, 15) is 4.57 Å². The molecule has 0 amide bonds. The first kappa shape index (κ1) is 33.5. The monoisotopic (exact) mass is 508 g/mol. The average Bonchev–Trinajstić information content (AvgIpc) is 2.78. The van der Waals surface area contributed by atoms with Crippen LogP contribution in [0.4, 0.5) is 0 Å². The van der Waals surface area contributed by atoms with Gasteiger partial charge in [-0.1, -0.05) is 148 Å². The van der Waals surface area contributed by atoms with E-state index < -0.39 is 7.82 Å². The Morgan fingerprint density at radius 3 is 0.848 bits per heavy atom. The summed E-state index contributed by atoms with van der Waals surface area (Å²) in [5.74, 6) is 1.05. The molecule has 0 rings (SSSR count). The van der Waals surface area contributed by atoms with Gasteiger partial charge in [-0.3, -0.25) is 4.52 Å². The van der Waals surface area contributed by atoms with E-state index in [1.165, 1.54) is 141 Å². The minimum Gasteiger partial charge on any atom is -0.303 e. The maximum atomic E-state index is 10.5. The maximum absolute atomic E-state index is 10.5. The molecule has 0 bridgehead atoms. The third kappa shape index (κ3) is 32.5. The van der Waals surface area contributed by atoms with Crippen LogP contribution in [-0.4, -0.2) is 22.1 Å². The quantitative estimate of drug-likeness (QED) is 0.0559. The molecule has 33 heavy (non-hydrogen) atoms. The van der Waals surface area contributed by atoms with E-state index in [4.69, 9.17) is 9.79 Å². The molecule has 0 atom stereocenters. The second-order valence-electron chi connectivity index (χ2n) is 9.89. The van der Waals surface area contributed by atoms with Gasteiger partial charge in [0.05, 0.1) is 6.61 Å². The largest absolute Gasteiger partial charge is 0.469 e. The van der Waals surface area contributed by atoms with E-state index in [0.29, 0.717) is 0 Å². The molecule has 0 saturated carbocycles.